The fourth-order valence-corrected chi connectivity index (χ4v) is 2.58. The van der Waals surface area contributed by atoms with Gasteiger partial charge in [-0.2, -0.15) is 0 Å². The maximum atomic E-state index is 8.86. The van der Waals surface area contributed by atoms with Gasteiger partial charge in [-0.3, -0.25) is 4.90 Å². The van der Waals surface area contributed by atoms with Gasteiger partial charge in [0, 0.05) is 45.0 Å². The Morgan fingerprint density at radius 1 is 1.11 bits per heavy atom. The third-order valence-electron chi connectivity index (χ3n) is 3.92. The Morgan fingerprint density at radius 2 is 1.83 bits per heavy atom. The summed E-state index contributed by atoms with van der Waals surface area (Å²) in [6.45, 7) is 10.1. The molecule has 0 aromatic heterocycles. The van der Waals surface area contributed by atoms with E-state index in [2.05, 4.69) is 41.8 Å². The summed E-state index contributed by atoms with van der Waals surface area (Å²) in [5.74, 6) is 0. The van der Waals surface area contributed by atoms with Gasteiger partial charge in [0.1, 0.15) is 0 Å². The van der Waals surface area contributed by atoms with Gasteiger partial charge in [0.05, 0.1) is 0 Å². The van der Waals surface area contributed by atoms with E-state index in [0.717, 1.165) is 39.1 Å². The first-order valence-electron chi connectivity index (χ1n) is 6.86. The Labute approximate surface area is 110 Å². The molecule has 18 heavy (non-hydrogen) atoms. The molecule has 1 aliphatic rings. The highest BCUT2D eigenvalue weighted by molar-refractivity contribution is 5.56. The molecular weight excluding hydrogens is 224 g/mol. The predicted octanol–water partition coefficient (Wildman–Crippen LogP) is 1.81. The van der Waals surface area contributed by atoms with Gasteiger partial charge in [-0.25, -0.2) is 0 Å². The fraction of sp³-hybridized carbons (Fsp3) is 0.600. The zero-order valence-electron chi connectivity index (χ0n) is 11.5. The fourth-order valence-electron chi connectivity index (χ4n) is 2.58. The van der Waals surface area contributed by atoms with Gasteiger partial charge < -0.3 is 10.0 Å². The molecule has 1 heterocycles. The molecule has 1 aromatic rings. The van der Waals surface area contributed by atoms with Crippen molar-refractivity contribution in [3.05, 3.63) is 29.3 Å². The normalized spacial score (nSPS) is 17.2. The first-order valence-corrected chi connectivity index (χ1v) is 6.86. The minimum absolute atomic E-state index is 0.303. The number of aryl methyl sites for hydroxylation is 1. The van der Waals surface area contributed by atoms with E-state index in [-0.39, 0.29) is 0 Å². The van der Waals surface area contributed by atoms with Crippen molar-refractivity contribution in [1.29, 1.82) is 0 Å². The van der Waals surface area contributed by atoms with E-state index < -0.39 is 0 Å². The van der Waals surface area contributed by atoms with Crippen LogP contribution in [-0.4, -0.2) is 49.3 Å². The van der Waals surface area contributed by atoms with Gasteiger partial charge in [0.25, 0.3) is 0 Å². The molecule has 3 nitrogen and oxygen atoms in total. The van der Waals surface area contributed by atoms with E-state index in [4.69, 9.17) is 5.11 Å². The Bertz CT molecular complexity index is 384. The van der Waals surface area contributed by atoms with E-state index in [1.54, 1.807) is 0 Å². The topological polar surface area (TPSA) is 26.7 Å². The molecule has 0 radical (unpaired) electrons. The minimum atomic E-state index is 0.303. The van der Waals surface area contributed by atoms with Crippen LogP contribution in [0.4, 0.5) is 5.69 Å². The minimum Gasteiger partial charge on any atom is -0.396 e. The number of benzene rings is 1. The highest BCUT2D eigenvalue weighted by Crippen LogP contribution is 2.23. The van der Waals surface area contributed by atoms with Crippen LogP contribution in [0.2, 0.25) is 0 Å². The van der Waals surface area contributed by atoms with Crippen molar-refractivity contribution in [2.24, 2.45) is 0 Å². The SMILES string of the molecule is Cc1cccc(N2CCN(CCCO)CC2)c1C. The van der Waals surface area contributed by atoms with Crippen LogP contribution in [0, 0.1) is 13.8 Å². The summed E-state index contributed by atoms with van der Waals surface area (Å²) in [6, 6.07) is 6.55. The summed E-state index contributed by atoms with van der Waals surface area (Å²) in [4.78, 5) is 4.93. The molecule has 100 valence electrons. The molecule has 0 spiro atoms. The van der Waals surface area contributed by atoms with Crippen LogP contribution in [0.15, 0.2) is 18.2 Å². The highest BCUT2D eigenvalue weighted by atomic mass is 16.3. The summed E-state index contributed by atoms with van der Waals surface area (Å²) in [6.07, 6.45) is 0.892. The molecule has 1 aliphatic heterocycles. The number of piperazine rings is 1. The summed E-state index contributed by atoms with van der Waals surface area (Å²) in [5, 5.41) is 8.86. The number of rotatable bonds is 4. The van der Waals surface area contributed by atoms with Crippen LogP contribution in [-0.2, 0) is 0 Å². The summed E-state index contributed by atoms with van der Waals surface area (Å²) in [7, 11) is 0. The molecule has 1 aromatic carbocycles. The molecule has 0 amide bonds. The van der Waals surface area contributed by atoms with Crippen molar-refractivity contribution < 1.29 is 5.11 Å². The van der Waals surface area contributed by atoms with Gasteiger partial charge in [-0.15, -0.1) is 0 Å². The lowest BCUT2D eigenvalue weighted by Gasteiger charge is -2.37. The Hall–Kier alpha value is -1.06. The molecule has 1 fully saturated rings. The third-order valence-corrected chi connectivity index (χ3v) is 3.92. The lowest BCUT2D eigenvalue weighted by atomic mass is 10.1. The molecule has 1 saturated heterocycles. The Morgan fingerprint density at radius 3 is 2.50 bits per heavy atom. The van der Waals surface area contributed by atoms with Crippen molar-refractivity contribution in [3.8, 4) is 0 Å². The lowest BCUT2D eigenvalue weighted by molar-refractivity contribution is 0.216. The van der Waals surface area contributed by atoms with Crippen LogP contribution < -0.4 is 4.90 Å². The third kappa shape index (κ3) is 3.03. The molecule has 0 saturated carbocycles. The van der Waals surface area contributed by atoms with Crippen LogP contribution in [0.1, 0.15) is 17.5 Å². The summed E-state index contributed by atoms with van der Waals surface area (Å²) in [5.41, 5.74) is 4.16. The van der Waals surface area contributed by atoms with Gasteiger partial charge >= 0.3 is 0 Å². The average Bonchev–Trinajstić information content (AvgIpc) is 2.40. The second-order valence-electron chi connectivity index (χ2n) is 5.12. The molecule has 0 unspecified atom stereocenters. The van der Waals surface area contributed by atoms with E-state index in [1.807, 2.05) is 0 Å². The molecule has 3 heteroatoms. The van der Waals surface area contributed by atoms with Crippen molar-refractivity contribution in [2.45, 2.75) is 20.3 Å². The first-order chi connectivity index (χ1) is 8.72. The number of aliphatic hydroxyl groups is 1. The van der Waals surface area contributed by atoms with Crippen LogP contribution in [0.3, 0.4) is 0 Å². The molecular formula is C15H24N2O. The van der Waals surface area contributed by atoms with Crippen molar-refractivity contribution in [3.63, 3.8) is 0 Å². The van der Waals surface area contributed by atoms with Crippen LogP contribution in [0.25, 0.3) is 0 Å². The number of aliphatic hydroxyl groups excluding tert-OH is 1. The number of anilines is 1. The quantitative estimate of drug-likeness (QED) is 0.880. The standard InChI is InChI=1S/C15H24N2O/c1-13-5-3-6-15(14(13)2)17-10-8-16(9-11-17)7-4-12-18/h3,5-6,18H,4,7-12H2,1-2H3. The number of hydrogen-bond acceptors (Lipinski definition) is 3. The molecule has 0 atom stereocenters. The van der Waals surface area contributed by atoms with Gasteiger partial charge in [-0.05, 0) is 37.5 Å². The maximum absolute atomic E-state index is 8.86. The largest absolute Gasteiger partial charge is 0.396 e. The molecule has 1 N–H and O–H groups in total. The zero-order chi connectivity index (χ0) is 13.0. The second-order valence-corrected chi connectivity index (χ2v) is 5.12. The smallest absolute Gasteiger partial charge is 0.0443 e. The van der Waals surface area contributed by atoms with Gasteiger partial charge in [0.15, 0.2) is 0 Å². The summed E-state index contributed by atoms with van der Waals surface area (Å²) < 4.78 is 0. The predicted molar refractivity (Wildman–Crippen MR) is 76.3 cm³/mol. The zero-order valence-corrected chi connectivity index (χ0v) is 11.5. The monoisotopic (exact) mass is 248 g/mol. The van der Waals surface area contributed by atoms with Gasteiger partial charge in [0.2, 0.25) is 0 Å². The van der Waals surface area contributed by atoms with Crippen molar-refractivity contribution in [1.82, 2.24) is 4.90 Å². The van der Waals surface area contributed by atoms with E-state index in [0.29, 0.717) is 6.61 Å². The average molecular weight is 248 g/mol. The van der Waals surface area contributed by atoms with E-state index >= 15 is 0 Å². The van der Waals surface area contributed by atoms with Gasteiger partial charge in [-0.1, -0.05) is 12.1 Å². The maximum Gasteiger partial charge on any atom is 0.0443 e. The molecule has 2 rings (SSSR count). The van der Waals surface area contributed by atoms with Crippen molar-refractivity contribution in [2.75, 3.05) is 44.2 Å². The molecule has 0 aliphatic carbocycles. The van der Waals surface area contributed by atoms with Crippen LogP contribution >= 0.6 is 0 Å². The van der Waals surface area contributed by atoms with E-state index in [1.165, 1.54) is 16.8 Å². The highest BCUT2D eigenvalue weighted by Gasteiger charge is 2.18. The van der Waals surface area contributed by atoms with Crippen molar-refractivity contribution >= 4 is 5.69 Å². The summed E-state index contributed by atoms with van der Waals surface area (Å²) >= 11 is 0. The first kappa shape index (κ1) is 13.4. The second kappa shape index (κ2) is 6.21. The number of nitrogens with zero attached hydrogens (tertiary/aromatic N) is 2. The van der Waals surface area contributed by atoms with Crippen LogP contribution in [0.5, 0.6) is 0 Å². The molecule has 0 bridgehead atoms. The Balaban J connectivity index is 1.95. The lowest BCUT2D eigenvalue weighted by Crippen LogP contribution is -2.47. The van der Waals surface area contributed by atoms with E-state index in [9.17, 15) is 0 Å². The number of hydrogen-bond donors (Lipinski definition) is 1. The Kier molecular flexibility index (Phi) is 4.61.